The van der Waals surface area contributed by atoms with Gasteiger partial charge in [-0.05, 0) is 45.3 Å². The molecule has 3 heterocycles. The van der Waals surface area contributed by atoms with Crippen LogP contribution in [0.25, 0.3) is 16.5 Å². The fourth-order valence-electron chi connectivity index (χ4n) is 4.69. The van der Waals surface area contributed by atoms with E-state index in [1.54, 1.807) is 19.1 Å². The first-order valence-electron chi connectivity index (χ1n) is 12.0. The molecule has 1 aromatic heterocycles. The van der Waals surface area contributed by atoms with Crippen LogP contribution in [0, 0.1) is 0 Å². The number of hydrogen-bond donors (Lipinski definition) is 1. The lowest BCUT2D eigenvalue weighted by atomic mass is 10.0. The number of rotatable bonds is 7. The Kier molecular flexibility index (Phi) is 7.36. The zero-order chi connectivity index (χ0) is 24.2. The summed E-state index contributed by atoms with van der Waals surface area (Å²) >= 11 is 0. The van der Waals surface area contributed by atoms with Gasteiger partial charge in [0.15, 0.2) is 17.3 Å². The first-order valence-corrected chi connectivity index (χ1v) is 12.0. The molecule has 8 nitrogen and oxygen atoms in total. The number of likely N-dealkylation sites (tertiary alicyclic amines) is 1. The molecule has 1 fully saturated rings. The maximum Gasteiger partial charge on any atom is 0.246 e. The number of carbonyl (C=O) groups is 1. The summed E-state index contributed by atoms with van der Waals surface area (Å²) in [7, 11) is 3.25. The molecule has 0 saturated carbocycles. The van der Waals surface area contributed by atoms with Gasteiger partial charge < -0.3 is 24.6 Å². The summed E-state index contributed by atoms with van der Waals surface area (Å²) in [5.74, 6) is 2.61. The Bertz CT molecular complexity index is 1090. The number of hydrogen-bond acceptors (Lipinski definition) is 7. The van der Waals surface area contributed by atoms with Crippen molar-refractivity contribution in [3.63, 3.8) is 0 Å². The Hall–Kier alpha value is -3.13. The number of amides is 1. The number of carbonyl (C=O) groups excluding carboxylic acids is 1. The molecule has 1 N–H and O–H groups in total. The van der Waals surface area contributed by atoms with Crippen molar-refractivity contribution in [1.82, 2.24) is 19.8 Å². The third-order valence-electron chi connectivity index (χ3n) is 6.73. The highest BCUT2D eigenvalue weighted by atomic mass is 16.5. The Balaban J connectivity index is 1.71. The van der Waals surface area contributed by atoms with Crippen LogP contribution in [0.2, 0.25) is 0 Å². The molecule has 0 radical (unpaired) electrons. The largest absolute Gasteiger partial charge is 0.493 e. The first kappa shape index (κ1) is 24.0. The van der Waals surface area contributed by atoms with E-state index in [1.807, 2.05) is 12.1 Å². The molecule has 2 aromatic rings. The van der Waals surface area contributed by atoms with Crippen molar-refractivity contribution in [2.24, 2.45) is 0 Å². The zero-order valence-electron chi connectivity index (χ0n) is 20.6. The minimum Gasteiger partial charge on any atom is -0.493 e. The average molecular weight is 466 g/mol. The highest BCUT2D eigenvalue weighted by Crippen LogP contribution is 2.35. The maximum absolute atomic E-state index is 12.2. The Labute approximate surface area is 201 Å². The fourth-order valence-corrected chi connectivity index (χ4v) is 4.69. The van der Waals surface area contributed by atoms with Gasteiger partial charge in [0, 0.05) is 55.3 Å². The number of ether oxygens (including phenoxy) is 2. The van der Waals surface area contributed by atoms with Crippen LogP contribution in [0.3, 0.4) is 0 Å². The van der Waals surface area contributed by atoms with Gasteiger partial charge in [0.05, 0.1) is 19.7 Å². The molecule has 0 unspecified atom stereocenters. The fraction of sp³-hybridized carbons (Fsp3) is 0.500. The number of nitrogens with zero attached hydrogens (tertiary/aromatic N) is 4. The van der Waals surface area contributed by atoms with E-state index in [2.05, 4.69) is 36.7 Å². The van der Waals surface area contributed by atoms with Crippen molar-refractivity contribution in [3.8, 4) is 11.5 Å². The molecule has 34 heavy (non-hydrogen) atoms. The van der Waals surface area contributed by atoms with Crippen molar-refractivity contribution < 1.29 is 14.3 Å². The lowest BCUT2D eigenvalue weighted by Crippen LogP contribution is -2.42. The van der Waals surface area contributed by atoms with Crippen LogP contribution >= 0.6 is 0 Å². The van der Waals surface area contributed by atoms with E-state index in [4.69, 9.17) is 19.4 Å². The van der Waals surface area contributed by atoms with Gasteiger partial charge in [-0.2, -0.15) is 0 Å². The third kappa shape index (κ3) is 5.01. The quantitative estimate of drug-likeness (QED) is 0.624. The molecule has 182 valence electrons. The van der Waals surface area contributed by atoms with Crippen LogP contribution in [-0.2, 0) is 4.79 Å². The molecule has 0 bridgehead atoms. The Morgan fingerprint density at radius 2 is 1.85 bits per heavy atom. The Morgan fingerprint density at radius 3 is 2.50 bits per heavy atom. The molecule has 0 atom stereocenters. The number of aromatic nitrogens is 2. The summed E-state index contributed by atoms with van der Waals surface area (Å²) in [5, 5.41) is 4.59. The molecular formula is C26H35N5O3. The molecule has 1 amide bonds. The van der Waals surface area contributed by atoms with Crippen molar-refractivity contribution in [3.05, 3.63) is 36.7 Å². The lowest BCUT2D eigenvalue weighted by molar-refractivity contribution is -0.125. The van der Waals surface area contributed by atoms with Crippen LogP contribution in [0.5, 0.6) is 11.5 Å². The molecule has 4 rings (SSSR count). The van der Waals surface area contributed by atoms with Gasteiger partial charge in [0.1, 0.15) is 5.82 Å². The summed E-state index contributed by atoms with van der Waals surface area (Å²) in [5.41, 5.74) is 1.72. The second-order valence-corrected chi connectivity index (χ2v) is 9.15. The molecule has 0 spiro atoms. The standard InChI is InChI=1S/C26H35N5O3/c1-6-24(32)31-11-7-8-18(16-31)25-28-21-15-23(34-5)22(33-4)14-20(21)26(29-25)27-19-9-12-30(13-10-19)17(2)3/h6,8,14-15,17,19H,1,7,9-13,16H2,2-5H3,(H,27,28,29). The Morgan fingerprint density at radius 1 is 1.15 bits per heavy atom. The van der Waals surface area contributed by atoms with E-state index >= 15 is 0 Å². The predicted molar refractivity (Wildman–Crippen MR) is 135 cm³/mol. The van der Waals surface area contributed by atoms with Crippen molar-refractivity contribution in [2.75, 3.05) is 45.7 Å². The van der Waals surface area contributed by atoms with Gasteiger partial charge in [-0.1, -0.05) is 12.7 Å². The van der Waals surface area contributed by atoms with Crippen LogP contribution in [0.4, 0.5) is 5.82 Å². The summed E-state index contributed by atoms with van der Waals surface area (Å²) in [4.78, 5) is 26.3. The third-order valence-corrected chi connectivity index (χ3v) is 6.73. The van der Waals surface area contributed by atoms with E-state index in [0.717, 1.165) is 54.6 Å². The number of nitrogens with one attached hydrogen (secondary N) is 1. The minimum atomic E-state index is -0.0759. The molecule has 8 heteroatoms. The number of piperidine rings is 1. The molecule has 0 aliphatic carbocycles. The molecular weight excluding hydrogens is 430 g/mol. The normalized spacial score (nSPS) is 17.6. The summed E-state index contributed by atoms with van der Waals surface area (Å²) < 4.78 is 11.1. The average Bonchev–Trinajstić information content (AvgIpc) is 2.87. The van der Waals surface area contributed by atoms with Crippen LogP contribution < -0.4 is 14.8 Å². The van der Waals surface area contributed by atoms with E-state index in [-0.39, 0.29) is 5.91 Å². The van der Waals surface area contributed by atoms with Gasteiger partial charge in [-0.3, -0.25) is 4.79 Å². The monoisotopic (exact) mass is 465 g/mol. The zero-order valence-corrected chi connectivity index (χ0v) is 20.6. The molecule has 1 aromatic carbocycles. The number of methoxy groups -OCH3 is 2. The second kappa shape index (κ2) is 10.4. The molecule has 1 saturated heterocycles. The van der Waals surface area contributed by atoms with Crippen molar-refractivity contribution in [2.45, 2.75) is 45.2 Å². The molecule has 2 aliphatic heterocycles. The van der Waals surface area contributed by atoms with E-state index in [9.17, 15) is 4.79 Å². The van der Waals surface area contributed by atoms with Crippen molar-refractivity contribution >= 4 is 28.2 Å². The van der Waals surface area contributed by atoms with Gasteiger partial charge in [-0.25, -0.2) is 9.97 Å². The van der Waals surface area contributed by atoms with E-state index in [0.29, 0.717) is 42.5 Å². The summed E-state index contributed by atoms with van der Waals surface area (Å²) in [6.07, 6.45) is 6.35. The van der Waals surface area contributed by atoms with Crippen LogP contribution in [-0.4, -0.2) is 78.2 Å². The second-order valence-electron chi connectivity index (χ2n) is 9.15. The smallest absolute Gasteiger partial charge is 0.246 e. The summed E-state index contributed by atoms with van der Waals surface area (Å²) in [6, 6.07) is 4.71. The first-order chi connectivity index (χ1) is 16.4. The highest BCUT2D eigenvalue weighted by Gasteiger charge is 2.24. The van der Waals surface area contributed by atoms with Gasteiger partial charge in [-0.15, -0.1) is 0 Å². The van der Waals surface area contributed by atoms with Crippen LogP contribution in [0.15, 0.2) is 30.9 Å². The van der Waals surface area contributed by atoms with E-state index < -0.39 is 0 Å². The number of anilines is 1. The highest BCUT2D eigenvalue weighted by molar-refractivity contribution is 5.93. The van der Waals surface area contributed by atoms with Gasteiger partial charge in [0.2, 0.25) is 5.91 Å². The van der Waals surface area contributed by atoms with E-state index in [1.165, 1.54) is 6.08 Å². The van der Waals surface area contributed by atoms with Gasteiger partial charge in [0.25, 0.3) is 0 Å². The SMILES string of the molecule is C=CC(=O)N1CCC=C(c2nc(NC3CCN(C(C)C)CC3)c3cc(OC)c(OC)cc3n2)C1. The maximum atomic E-state index is 12.2. The topological polar surface area (TPSA) is 79.8 Å². The minimum absolute atomic E-state index is 0.0759. The molecule has 2 aliphatic rings. The summed E-state index contributed by atoms with van der Waals surface area (Å²) in [6.45, 7) is 11.4. The number of fused-ring (bicyclic) bond motifs is 1. The van der Waals surface area contributed by atoms with Crippen molar-refractivity contribution in [1.29, 1.82) is 0 Å². The predicted octanol–water partition coefficient (Wildman–Crippen LogP) is 3.73. The van der Waals surface area contributed by atoms with Gasteiger partial charge >= 0.3 is 0 Å². The lowest BCUT2D eigenvalue weighted by Gasteiger charge is -2.35. The number of benzene rings is 1. The van der Waals surface area contributed by atoms with Crippen LogP contribution in [0.1, 0.15) is 38.9 Å².